The van der Waals surface area contributed by atoms with Crippen LogP contribution in [-0.2, 0) is 11.3 Å². The van der Waals surface area contributed by atoms with Crippen LogP contribution in [0.25, 0.3) is 11.0 Å². The quantitative estimate of drug-likeness (QED) is 0.720. The van der Waals surface area contributed by atoms with Crippen molar-refractivity contribution in [2.45, 2.75) is 6.54 Å². The van der Waals surface area contributed by atoms with Gasteiger partial charge in [-0.05, 0) is 24.3 Å². The molecule has 9 heteroatoms. The number of piperazine rings is 1. The standard InChI is InChI=1S/C19H21ClN6O2/c1-28-16-10-14(3-4-15(16)20)24-6-8-25(9-7-24)18(27)12-26-19-13(11-22-26)2-5-17(21)23-19/h2-5,10-11H,6-9,12H2,1H3,(H2,21,23). The lowest BCUT2D eigenvalue weighted by atomic mass is 10.2. The Hall–Kier alpha value is -3.00. The minimum atomic E-state index is 0.0163. The molecule has 28 heavy (non-hydrogen) atoms. The number of methoxy groups -OCH3 is 1. The SMILES string of the molecule is COc1cc(N2CCN(C(=O)Cn3ncc4ccc(N)nc43)CC2)ccc1Cl. The molecule has 0 bridgehead atoms. The minimum absolute atomic E-state index is 0.0163. The molecule has 2 N–H and O–H groups in total. The number of fused-ring (bicyclic) bond motifs is 1. The van der Waals surface area contributed by atoms with Gasteiger partial charge in [0.15, 0.2) is 5.65 Å². The number of nitrogens with zero attached hydrogens (tertiary/aromatic N) is 5. The van der Waals surface area contributed by atoms with Crippen molar-refractivity contribution in [2.75, 3.05) is 43.9 Å². The van der Waals surface area contributed by atoms with Gasteiger partial charge in [-0.1, -0.05) is 11.6 Å². The summed E-state index contributed by atoms with van der Waals surface area (Å²) >= 11 is 6.10. The topological polar surface area (TPSA) is 89.5 Å². The normalized spacial score (nSPS) is 14.5. The molecule has 1 aliphatic rings. The second-order valence-corrected chi connectivity index (χ2v) is 7.05. The minimum Gasteiger partial charge on any atom is -0.495 e. The summed E-state index contributed by atoms with van der Waals surface area (Å²) < 4.78 is 6.89. The third-order valence-electron chi connectivity index (χ3n) is 4.92. The van der Waals surface area contributed by atoms with Crippen LogP contribution in [0, 0.1) is 0 Å². The van der Waals surface area contributed by atoms with E-state index in [2.05, 4.69) is 15.0 Å². The molecule has 1 fully saturated rings. The van der Waals surface area contributed by atoms with Crippen LogP contribution in [0.2, 0.25) is 5.02 Å². The second-order valence-electron chi connectivity index (χ2n) is 6.64. The molecule has 146 valence electrons. The van der Waals surface area contributed by atoms with Crippen LogP contribution < -0.4 is 15.4 Å². The Morgan fingerprint density at radius 1 is 1.21 bits per heavy atom. The van der Waals surface area contributed by atoms with E-state index in [1.165, 1.54) is 0 Å². The lowest BCUT2D eigenvalue weighted by Gasteiger charge is -2.36. The van der Waals surface area contributed by atoms with Gasteiger partial charge in [-0.3, -0.25) is 4.79 Å². The Kier molecular flexibility index (Phi) is 4.95. The highest BCUT2D eigenvalue weighted by Gasteiger charge is 2.23. The number of pyridine rings is 1. The van der Waals surface area contributed by atoms with E-state index >= 15 is 0 Å². The highest BCUT2D eigenvalue weighted by atomic mass is 35.5. The van der Waals surface area contributed by atoms with Gasteiger partial charge in [0.1, 0.15) is 18.1 Å². The van der Waals surface area contributed by atoms with Gasteiger partial charge < -0.3 is 20.3 Å². The van der Waals surface area contributed by atoms with E-state index in [0.29, 0.717) is 35.3 Å². The summed E-state index contributed by atoms with van der Waals surface area (Å²) in [6.07, 6.45) is 1.70. The molecule has 0 saturated carbocycles. The van der Waals surface area contributed by atoms with Gasteiger partial charge in [-0.25, -0.2) is 9.67 Å². The number of ether oxygens (including phenoxy) is 1. The third-order valence-corrected chi connectivity index (χ3v) is 5.24. The van der Waals surface area contributed by atoms with Crippen LogP contribution in [0.3, 0.4) is 0 Å². The second kappa shape index (κ2) is 7.55. The molecular weight excluding hydrogens is 380 g/mol. The fourth-order valence-electron chi connectivity index (χ4n) is 3.37. The van der Waals surface area contributed by atoms with Crippen LogP contribution >= 0.6 is 11.6 Å². The smallest absolute Gasteiger partial charge is 0.244 e. The van der Waals surface area contributed by atoms with E-state index in [-0.39, 0.29) is 12.5 Å². The first kappa shape index (κ1) is 18.4. The molecule has 2 aromatic heterocycles. The Bertz CT molecular complexity index is 1010. The number of anilines is 2. The fraction of sp³-hybridized carbons (Fsp3) is 0.316. The maximum absolute atomic E-state index is 12.7. The molecule has 0 unspecified atom stereocenters. The summed E-state index contributed by atoms with van der Waals surface area (Å²) in [7, 11) is 1.60. The van der Waals surface area contributed by atoms with E-state index in [0.717, 1.165) is 24.2 Å². The van der Waals surface area contributed by atoms with E-state index in [4.69, 9.17) is 22.1 Å². The number of rotatable bonds is 4. The summed E-state index contributed by atoms with van der Waals surface area (Å²) in [6, 6.07) is 9.29. The molecule has 0 aliphatic carbocycles. The van der Waals surface area contributed by atoms with Crippen LogP contribution in [-0.4, -0.2) is 58.9 Å². The first-order chi connectivity index (χ1) is 13.5. The molecule has 3 aromatic rings. The predicted molar refractivity (Wildman–Crippen MR) is 109 cm³/mol. The van der Waals surface area contributed by atoms with Crippen LogP contribution in [0.5, 0.6) is 5.75 Å². The molecule has 1 saturated heterocycles. The molecule has 0 spiro atoms. The molecule has 0 radical (unpaired) electrons. The Labute approximate surface area is 167 Å². The van der Waals surface area contributed by atoms with Gasteiger partial charge in [0.05, 0.1) is 18.3 Å². The van der Waals surface area contributed by atoms with Crippen molar-refractivity contribution in [1.29, 1.82) is 0 Å². The number of nitrogen functional groups attached to an aromatic ring is 1. The molecular formula is C19H21ClN6O2. The van der Waals surface area contributed by atoms with Crippen LogP contribution in [0.15, 0.2) is 36.5 Å². The van der Waals surface area contributed by atoms with E-state index < -0.39 is 0 Å². The molecule has 3 heterocycles. The largest absolute Gasteiger partial charge is 0.495 e. The maximum atomic E-state index is 12.7. The van der Waals surface area contributed by atoms with Crippen molar-refractivity contribution < 1.29 is 9.53 Å². The number of benzene rings is 1. The molecule has 1 aromatic carbocycles. The molecule has 4 rings (SSSR count). The van der Waals surface area contributed by atoms with Gasteiger partial charge in [-0.2, -0.15) is 5.10 Å². The van der Waals surface area contributed by atoms with Gasteiger partial charge in [0.25, 0.3) is 0 Å². The molecule has 0 atom stereocenters. The lowest BCUT2D eigenvalue weighted by Crippen LogP contribution is -2.49. The first-order valence-electron chi connectivity index (χ1n) is 8.99. The fourth-order valence-corrected chi connectivity index (χ4v) is 3.57. The molecule has 8 nitrogen and oxygen atoms in total. The number of hydrogen-bond donors (Lipinski definition) is 1. The average Bonchev–Trinajstić information content (AvgIpc) is 3.10. The zero-order valence-corrected chi connectivity index (χ0v) is 16.3. The van der Waals surface area contributed by atoms with Crippen molar-refractivity contribution in [1.82, 2.24) is 19.7 Å². The van der Waals surface area contributed by atoms with Crippen molar-refractivity contribution in [3.63, 3.8) is 0 Å². The Morgan fingerprint density at radius 3 is 2.75 bits per heavy atom. The summed E-state index contributed by atoms with van der Waals surface area (Å²) in [5, 5.41) is 5.72. The third kappa shape index (κ3) is 3.55. The Morgan fingerprint density at radius 2 is 2.00 bits per heavy atom. The van der Waals surface area contributed by atoms with E-state index in [1.807, 2.05) is 29.2 Å². The van der Waals surface area contributed by atoms with E-state index in [9.17, 15) is 4.79 Å². The van der Waals surface area contributed by atoms with Crippen molar-refractivity contribution >= 4 is 40.0 Å². The van der Waals surface area contributed by atoms with Gasteiger partial charge in [0, 0.05) is 43.3 Å². The number of carbonyl (C=O) groups excluding carboxylic acids is 1. The average molecular weight is 401 g/mol. The summed E-state index contributed by atoms with van der Waals surface area (Å²) in [5.41, 5.74) is 7.41. The van der Waals surface area contributed by atoms with Gasteiger partial charge in [0.2, 0.25) is 5.91 Å². The number of hydrogen-bond acceptors (Lipinski definition) is 6. The highest BCUT2D eigenvalue weighted by molar-refractivity contribution is 6.32. The zero-order chi connectivity index (χ0) is 19.7. The number of halogens is 1. The number of amides is 1. The van der Waals surface area contributed by atoms with Crippen LogP contribution in [0.4, 0.5) is 11.5 Å². The molecule has 1 amide bonds. The first-order valence-corrected chi connectivity index (χ1v) is 9.37. The number of aromatic nitrogens is 3. The lowest BCUT2D eigenvalue weighted by molar-refractivity contribution is -0.132. The number of nitrogens with two attached hydrogens (primary N) is 1. The Balaban J connectivity index is 1.40. The van der Waals surface area contributed by atoms with Crippen molar-refractivity contribution in [3.8, 4) is 5.75 Å². The monoisotopic (exact) mass is 400 g/mol. The maximum Gasteiger partial charge on any atom is 0.244 e. The van der Waals surface area contributed by atoms with Crippen molar-refractivity contribution in [3.05, 3.63) is 41.6 Å². The van der Waals surface area contributed by atoms with Gasteiger partial charge in [-0.15, -0.1) is 0 Å². The summed E-state index contributed by atoms with van der Waals surface area (Å²) in [4.78, 5) is 21.1. The highest BCUT2D eigenvalue weighted by Crippen LogP contribution is 2.29. The predicted octanol–water partition coefficient (Wildman–Crippen LogP) is 2.02. The van der Waals surface area contributed by atoms with Crippen molar-refractivity contribution in [2.24, 2.45) is 0 Å². The summed E-state index contributed by atoms with van der Waals surface area (Å²) in [5.74, 6) is 1.08. The van der Waals surface area contributed by atoms with E-state index in [1.54, 1.807) is 24.1 Å². The number of carbonyl (C=O) groups is 1. The zero-order valence-electron chi connectivity index (χ0n) is 15.5. The van der Waals surface area contributed by atoms with Gasteiger partial charge >= 0.3 is 0 Å². The molecule has 1 aliphatic heterocycles. The van der Waals surface area contributed by atoms with Crippen LogP contribution in [0.1, 0.15) is 0 Å². The summed E-state index contributed by atoms with van der Waals surface area (Å²) in [6.45, 7) is 2.90.